The first-order chi connectivity index (χ1) is 16.7. The molecule has 2 aromatic carbocycles. The standard InChI is InChI=1S/C26H32N4O3S2/c1-18-6-8-22(9-7-18)35(32,33)30-10-4-5-21(17-30)25(31)28-11-13-29(14-12-28)26-27-23-16-19(2)15-20(3)24(23)34-26/h6-9,15-16,21H,4-5,10-14,17H2,1-3H3. The SMILES string of the molecule is Cc1ccc(S(=O)(=O)N2CCCC(C(=O)N3CCN(c4nc5cc(C)cc(C)c5s4)CC3)C2)cc1. The minimum absolute atomic E-state index is 0.0734. The van der Waals surface area contributed by atoms with Crippen LogP contribution in [-0.4, -0.2) is 67.8 Å². The molecule has 5 rings (SSSR count). The van der Waals surface area contributed by atoms with Gasteiger partial charge < -0.3 is 9.80 Å². The molecule has 3 aromatic rings. The highest BCUT2D eigenvalue weighted by molar-refractivity contribution is 7.89. The summed E-state index contributed by atoms with van der Waals surface area (Å²) in [6.07, 6.45) is 1.43. The Kier molecular flexibility index (Phi) is 6.59. The predicted octanol–water partition coefficient (Wildman–Crippen LogP) is 3.97. The van der Waals surface area contributed by atoms with Crippen molar-refractivity contribution in [3.8, 4) is 0 Å². The van der Waals surface area contributed by atoms with E-state index in [4.69, 9.17) is 4.98 Å². The summed E-state index contributed by atoms with van der Waals surface area (Å²) in [6.45, 7) is 9.61. The zero-order valence-corrected chi connectivity index (χ0v) is 22.2. The fourth-order valence-corrected chi connectivity index (χ4v) is 7.69. The van der Waals surface area contributed by atoms with E-state index >= 15 is 0 Å². The van der Waals surface area contributed by atoms with Gasteiger partial charge in [0.25, 0.3) is 0 Å². The minimum Gasteiger partial charge on any atom is -0.345 e. The van der Waals surface area contributed by atoms with Crippen LogP contribution in [0.5, 0.6) is 0 Å². The Morgan fingerprint density at radius 1 is 0.971 bits per heavy atom. The molecule has 1 unspecified atom stereocenters. The topological polar surface area (TPSA) is 73.8 Å². The van der Waals surface area contributed by atoms with Gasteiger partial charge in [-0.15, -0.1) is 0 Å². The molecule has 1 aromatic heterocycles. The lowest BCUT2D eigenvalue weighted by atomic mass is 9.98. The lowest BCUT2D eigenvalue weighted by Gasteiger charge is -2.38. The van der Waals surface area contributed by atoms with E-state index in [0.717, 1.165) is 35.7 Å². The number of sulfonamides is 1. The zero-order chi connectivity index (χ0) is 24.7. The van der Waals surface area contributed by atoms with Crippen LogP contribution in [0.4, 0.5) is 5.13 Å². The molecule has 35 heavy (non-hydrogen) atoms. The number of nitrogens with zero attached hydrogens (tertiary/aromatic N) is 4. The van der Waals surface area contributed by atoms with Crippen molar-refractivity contribution < 1.29 is 13.2 Å². The van der Waals surface area contributed by atoms with Crippen molar-refractivity contribution in [3.63, 3.8) is 0 Å². The van der Waals surface area contributed by atoms with Crippen LogP contribution in [0.1, 0.15) is 29.5 Å². The van der Waals surface area contributed by atoms with Gasteiger partial charge in [-0.1, -0.05) is 35.1 Å². The van der Waals surface area contributed by atoms with Gasteiger partial charge in [-0.25, -0.2) is 13.4 Å². The monoisotopic (exact) mass is 512 g/mol. The lowest BCUT2D eigenvalue weighted by Crippen LogP contribution is -2.53. The van der Waals surface area contributed by atoms with E-state index in [9.17, 15) is 13.2 Å². The van der Waals surface area contributed by atoms with E-state index in [1.165, 1.54) is 20.1 Å². The number of aryl methyl sites for hydroxylation is 3. The number of carbonyl (C=O) groups excluding carboxylic acids is 1. The molecule has 186 valence electrons. The summed E-state index contributed by atoms with van der Waals surface area (Å²) in [5, 5.41) is 1.01. The third kappa shape index (κ3) is 4.81. The van der Waals surface area contributed by atoms with Gasteiger partial charge in [0.1, 0.15) is 0 Å². The first kappa shape index (κ1) is 24.2. The molecule has 2 aliphatic heterocycles. The Morgan fingerprint density at radius 3 is 2.40 bits per heavy atom. The number of piperazine rings is 1. The average molecular weight is 513 g/mol. The number of fused-ring (bicyclic) bond motifs is 1. The van der Waals surface area contributed by atoms with Crippen molar-refractivity contribution in [2.45, 2.75) is 38.5 Å². The fourth-order valence-electron chi connectivity index (χ4n) is 5.10. The summed E-state index contributed by atoms with van der Waals surface area (Å²) in [5.41, 5.74) is 4.53. The van der Waals surface area contributed by atoms with Crippen molar-refractivity contribution >= 4 is 42.6 Å². The van der Waals surface area contributed by atoms with Crippen molar-refractivity contribution in [2.75, 3.05) is 44.2 Å². The van der Waals surface area contributed by atoms with Crippen molar-refractivity contribution in [2.24, 2.45) is 5.92 Å². The molecule has 3 heterocycles. The molecule has 0 radical (unpaired) electrons. The van der Waals surface area contributed by atoms with Crippen LogP contribution >= 0.6 is 11.3 Å². The Morgan fingerprint density at radius 2 is 1.69 bits per heavy atom. The highest BCUT2D eigenvalue weighted by Gasteiger charge is 2.36. The van der Waals surface area contributed by atoms with Crippen LogP contribution in [0.15, 0.2) is 41.3 Å². The number of hydrogen-bond donors (Lipinski definition) is 0. The van der Waals surface area contributed by atoms with Gasteiger partial charge in [-0.2, -0.15) is 4.31 Å². The van der Waals surface area contributed by atoms with Crippen LogP contribution in [0.25, 0.3) is 10.2 Å². The highest BCUT2D eigenvalue weighted by Crippen LogP contribution is 2.33. The van der Waals surface area contributed by atoms with Crippen LogP contribution in [0.2, 0.25) is 0 Å². The number of hydrogen-bond acceptors (Lipinski definition) is 6. The number of carbonyl (C=O) groups is 1. The Bertz CT molecular complexity index is 1340. The van der Waals surface area contributed by atoms with Gasteiger partial charge >= 0.3 is 0 Å². The zero-order valence-electron chi connectivity index (χ0n) is 20.5. The van der Waals surface area contributed by atoms with Crippen LogP contribution in [0, 0.1) is 26.7 Å². The first-order valence-electron chi connectivity index (χ1n) is 12.2. The number of anilines is 1. The van der Waals surface area contributed by atoms with Crippen LogP contribution in [-0.2, 0) is 14.8 Å². The maximum absolute atomic E-state index is 13.3. The van der Waals surface area contributed by atoms with E-state index in [2.05, 4.69) is 30.9 Å². The van der Waals surface area contributed by atoms with Crippen LogP contribution < -0.4 is 4.90 Å². The van der Waals surface area contributed by atoms with Crippen LogP contribution in [0.3, 0.4) is 0 Å². The molecule has 1 amide bonds. The molecule has 9 heteroatoms. The molecular formula is C26H32N4O3S2. The number of amides is 1. The van der Waals surface area contributed by atoms with Crippen molar-refractivity contribution in [1.29, 1.82) is 0 Å². The van der Waals surface area contributed by atoms with Crippen molar-refractivity contribution in [3.05, 3.63) is 53.1 Å². The fraction of sp³-hybridized carbons (Fsp3) is 0.462. The van der Waals surface area contributed by atoms with E-state index in [1.807, 2.05) is 24.0 Å². The summed E-state index contributed by atoms with van der Waals surface area (Å²) in [7, 11) is -3.59. The van der Waals surface area contributed by atoms with Gasteiger partial charge in [0.15, 0.2) is 5.13 Å². The third-order valence-electron chi connectivity index (χ3n) is 7.06. The third-order valence-corrected chi connectivity index (χ3v) is 10.2. The minimum atomic E-state index is -3.59. The molecular weight excluding hydrogens is 480 g/mol. The van der Waals surface area contributed by atoms with Gasteiger partial charge in [-0.05, 0) is 62.9 Å². The summed E-state index contributed by atoms with van der Waals surface area (Å²) < 4.78 is 29.0. The largest absolute Gasteiger partial charge is 0.345 e. The van der Waals surface area contributed by atoms with E-state index < -0.39 is 10.0 Å². The molecule has 2 aliphatic rings. The average Bonchev–Trinajstić information content (AvgIpc) is 3.28. The second-order valence-electron chi connectivity index (χ2n) is 9.75. The summed E-state index contributed by atoms with van der Waals surface area (Å²) in [4.78, 5) is 22.7. The van der Waals surface area contributed by atoms with Gasteiger partial charge in [-0.3, -0.25) is 4.79 Å². The second-order valence-corrected chi connectivity index (χ2v) is 12.7. The molecule has 0 spiro atoms. The maximum Gasteiger partial charge on any atom is 0.243 e. The van der Waals surface area contributed by atoms with Gasteiger partial charge in [0.05, 0.1) is 21.0 Å². The Balaban J connectivity index is 1.23. The summed E-state index contributed by atoms with van der Waals surface area (Å²) in [6, 6.07) is 11.2. The molecule has 0 saturated carbocycles. The maximum atomic E-state index is 13.3. The molecule has 0 aliphatic carbocycles. The lowest BCUT2D eigenvalue weighted by molar-refractivity contribution is -0.137. The molecule has 2 fully saturated rings. The number of piperidine rings is 1. The van der Waals surface area contributed by atoms with Gasteiger partial charge in [0, 0.05) is 39.3 Å². The Hall–Kier alpha value is -2.49. The predicted molar refractivity (Wildman–Crippen MR) is 141 cm³/mol. The smallest absolute Gasteiger partial charge is 0.243 e. The Labute approximate surface area is 211 Å². The molecule has 7 nitrogen and oxygen atoms in total. The number of rotatable bonds is 4. The summed E-state index contributed by atoms with van der Waals surface area (Å²) in [5.74, 6) is -0.215. The first-order valence-corrected chi connectivity index (χ1v) is 14.5. The molecule has 2 saturated heterocycles. The van der Waals surface area contributed by atoms with Crippen molar-refractivity contribution in [1.82, 2.24) is 14.2 Å². The molecule has 0 bridgehead atoms. The number of benzene rings is 2. The quantitative estimate of drug-likeness (QED) is 0.529. The van der Waals surface area contributed by atoms with E-state index in [-0.39, 0.29) is 18.4 Å². The number of aromatic nitrogens is 1. The van der Waals surface area contributed by atoms with E-state index in [1.54, 1.807) is 23.5 Å². The normalized spacial score (nSPS) is 19.9. The second kappa shape index (κ2) is 9.52. The number of thiazole rings is 1. The van der Waals surface area contributed by atoms with Gasteiger partial charge in [0.2, 0.25) is 15.9 Å². The van der Waals surface area contributed by atoms with E-state index in [0.29, 0.717) is 31.0 Å². The highest BCUT2D eigenvalue weighted by atomic mass is 32.2. The molecule has 0 N–H and O–H groups in total. The molecule has 1 atom stereocenters. The summed E-state index contributed by atoms with van der Waals surface area (Å²) >= 11 is 1.72.